The molecular weight excluding hydrogens is 388 g/mol. The van der Waals surface area contributed by atoms with Crippen LogP contribution < -0.4 is 0 Å². The van der Waals surface area contributed by atoms with Crippen molar-refractivity contribution in [2.75, 3.05) is 19.6 Å². The number of amides is 2. The number of aliphatic hydroxyl groups is 1. The maximum absolute atomic E-state index is 11.8. The molecule has 3 aliphatic rings. The van der Waals surface area contributed by atoms with E-state index in [2.05, 4.69) is 6.07 Å². The van der Waals surface area contributed by atoms with Crippen LogP contribution in [0.5, 0.6) is 0 Å². The van der Waals surface area contributed by atoms with E-state index in [-0.39, 0.29) is 26.2 Å². The summed E-state index contributed by atoms with van der Waals surface area (Å²) in [7, 11) is 0. The van der Waals surface area contributed by atoms with Gasteiger partial charge in [0.2, 0.25) is 0 Å². The Morgan fingerprint density at radius 2 is 1.90 bits per heavy atom. The SMILES string of the molecule is O=C(O)N1CCc2nn(-c3ccc(C4CC4)cc3CO)c3c2C(C1)N(C(=O)O)CC3. The Balaban J connectivity index is 1.61. The Bertz CT molecular complexity index is 1030. The molecule has 9 heteroatoms. The first-order chi connectivity index (χ1) is 14.5. The fourth-order valence-corrected chi connectivity index (χ4v) is 4.81. The summed E-state index contributed by atoms with van der Waals surface area (Å²) < 4.78 is 1.84. The summed E-state index contributed by atoms with van der Waals surface area (Å²) in [5.74, 6) is 0.576. The molecule has 158 valence electrons. The van der Waals surface area contributed by atoms with Crippen molar-refractivity contribution >= 4 is 12.2 Å². The lowest BCUT2D eigenvalue weighted by molar-refractivity contribution is 0.0963. The highest BCUT2D eigenvalue weighted by Crippen LogP contribution is 2.42. The third-order valence-electron chi connectivity index (χ3n) is 6.48. The maximum Gasteiger partial charge on any atom is 0.407 e. The van der Waals surface area contributed by atoms with Crippen LogP contribution in [0.3, 0.4) is 0 Å². The van der Waals surface area contributed by atoms with E-state index in [0.29, 0.717) is 18.8 Å². The smallest absolute Gasteiger partial charge is 0.407 e. The van der Waals surface area contributed by atoms with E-state index in [1.54, 1.807) is 0 Å². The molecule has 0 saturated heterocycles. The van der Waals surface area contributed by atoms with Gasteiger partial charge in [-0.1, -0.05) is 12.1 Å². The second kappa shape index (κ2) is 7.02. The molecule has 0 spiro atoms. The Morgan fingerprint density at radius 1 is 1.10 bits per heavy atom. The van der Waals surface area contributed by atoms with Gasteiger partial charge in [0.1, 0.15) is 0 Å². The van der Waals surface area contributed by atoms with E-state index in [1.165, 1.54) is 28.2 Å². The van der Waals surface area contributed by atoms with Crippen molar-refractivity contribution in [2.24, 2.45) is 0 Å². The third kappa shape index (κ3) is 3.00. The van der Waals surface area contributed by atoms with Gasteiger partial charge in [-0.05, 0) is 30.4 Å². The van der Waals surface area contributed by atoms with Gasteiger partial charge in [-0.15, -0.1) is 0 Å². The van der Waals surface area contributed by atoms with Crippen LogP contribution in [0.25, 0.3) is 5.69 Å². The molecule has 0 bridgehead atoms. The zero-order chi connectivity index (χ0) is 21.0. The lowest BCUT2D eigenvalue weighted by Crippen LogP contribution is -2.45. The van der Waals surface area contributed by atoms with Gasteiger partial charge in [-0.2, -0.15) is 5.10 Å². The number of nitrogens with zero attached hydrogens (tertiary/aromatic N) is 4. The minimum Gasteiger partial charge on any atom is -0.465 e. The zero-order valence-electron chi connectivity index (χ0n) is 16.5. The average Bonchev–Trinajstić information content (AvgIpc) is 3.53. The van der Waals surface area contributed by atoms with Crippen LogP contribution >= 0.6 is 0 Å². The van der Waals surface area contributed by atoms with E-state index < -0.39 is 18.2 Å². The van der Waals surface area contributed by atoms with Crippen molar-refractivity contribution in [3.63, 3.8) is 0 Å². The van der Waals surface area contributed by atoms with E-state index in [0.717, 1.165) is 28.2 Å². The number of rotatable bonds is 3. The lowest BCUT2D eigenvalue weighted by atomic mass is 9.96. The molecule has 1 aromatic heterocycles. The predicted molar refractivity (Wildman–Crippen MR) is 106 cm³/mol. The van der Waals surface area contributed by atoms with Crippen LogP contribution in [0.2, 0.25) is 0 Å². The van der Waals surface area contributed by atoms with Crippen molar-refractivity contribution < 1.29 is 24.9 Å². The van der Waals surface area contributed by atoms with Gasteiger partial charge in [0.25, 0.3) is 0 Å². The number of benzene rings is 1. The molecule has 2 aromatic rings. The van der Waals surface area contributed by atoms with Crippen molar-refractivity contribution in [3.8, 4) is 5.69 Å². The second-order valence-electron chi connectivity index (χ2n) is 8.26. The van der Waals surface area contributed by atoms with Crippen molar-refractivity contribution in [1.82, 2.24) is 19.6 Å². The molecular formula is C21H24N4O5. The van der Waals surface area contributed by atoms with Gasteiger partial charge in [-0.3, -0.25) is 4.90 Å². The fourth-order valence-electron chi connectivity index (χ4n) is 4.81. The summed E-state index contributed by atoms with van der Waals surface area (Å²) in [4.78, 5) is 26.0. The first kappa shape index (κ1) is 18.9. The quantitative estimate of drug-likeness (QED) is 0.712. The molecule has 5 rings (SSSR count). The molecule has 3 N–H and O–H groups in total. The summed E-state index contributed by atoms with van der Waals surface area (Å²) in [6, 6.07) is 5.55. The van der Waals surface area contributed by atoms with E-state index in [1.807, 2.05) is 16.8 Å². The van der Waals surface area contributed by atoms with Crippen LogP contribution in [0.1, 0.15) is 52.9 Å². The molecule has 1 fully saturated rings. The van der Waals surface area contributed by atoms with E-state index in [4.69, 9.17) is 5.10 Å². The molecule has 1 aliphatic carbocycles. The summed E-state index contributed by atoms with van der Waals surface area (Å²) in [5.41, 5.74) is 5.31. The lowest BCUT2D eigenvalue weighted by Gasteiger charge is -2.35. The van der Waals surface area contributed by atoms with Gasteiger partial charge in [-0.25, -0.2) is 14.3 Å². The standard InChI is InChI=1S/C21H24N4O5/c26-11-14-9-13(12-1-2-12)3-4-16(14)25-17-6-8-24(21(29)30)18-10-23(20(27)28)7-5-15(22-25)19(17)18/h3-4,9,12,18,26H,1-2,5-8,10-11H2,(H,27,28)(H,29,30). The maximum atomic E-state index is 11.8. The normalized spacial score (nSPS) is 20.6. The number of aromatic nitrogens is 2. The van der Waals surface area contributed by atoms with Crippen LogP contribution in [0, 0.1) is 0 Å². The first-order valence-corrected chi connectivity index (χ1v) is 10.3. The van der Waals surface area contributed by atoms with Gasteiger partial charge in [0.05, 0.1) is 29.7 Å². The fraction of sp³-hybridized carbons (Fsp3) is 0.476. The number of hydrogen-bond donors (Lipinski definition) is 3. The highest BCUT2D eigenvalue weighted by molar-refractivity contribution is 5.68. The number of aliphatic hydroxyl groups excluding tert-OH is 1. The number of carboxylic acid groups (broad SMARTS) is 2. The zero-order valence-corrected chi connectivity index (χ0v) is 16.5. The molecule has 30 heavy (non-hydrogen) atoms. The van der Waals surface area contributed by atoms with E-state index >= 15 is 0 Å². The average molecular weight is 412 g/mol. The monoisotopic (exact) mass is 412 g/mol. The van der Waals surface area contributed by atoms with Crippen LogP contribution in [0.4, 0.5) is 9.59 Å². The van der Waals surface area contributed by atoms with Crippen molar-refractivity contribution in [3.05, 3.63) is 46.3 Å². The molecule has 1 atom stereocenters. The van der Waals surface area contributed by atoms with Crippen LogP contribution in [-0.2, 0) is 19.4 Å². The molecule has 1 saturated carbocycles. The topological polar surface area (TPSA) is 119 Å². The molecule has 0 radical (unpaired) electrons. The van der Waals surface area contributed by atoms with Crippen LogP contribution in [0.15, 0.2) is 18.2 Å². The minimum atomic E-state index is -1.05. The van der Waals surface area contributed by atoms with E-state index in [9.17, 15) is 24.9 Å². The molecule has 1 unspecified atom stereocenters. The van der Waals surface area contributed by atoms with Crippen molar-refractivity contribution in [2.45, 2.75) is 44.2 Å². The Hall–Kier alpha value is -3.07. The number of hydrogen-bond acceptors (Lipinski definition) is 4. The Labute approximate surface area is 173 Å². The molecule has 2 aliphatic heterocycles. The van der Waals surface area contributed by atoms with Gasteiger partial charge >= 0.3 is 12.2 Å². The highest BCUT2D eigenvalue weighted by Gasteiger charge is 2.40. The Morgan fingerprint density at radius 3 is 2.57 bits per heavy atom. The van der Waals surface area contributed by atoms with Gasteiger partial charge < -0.3 is 20.2 Å². The van der Waals surface area contributed by atoms with Crippen LogP contribution in [-0.4, -0.2) is 66.7 Å². The summed E-state index contributed by atoms with van der Waals surface area (Å²) in [5, 5.41) is 34.0. The largest absolute Gasteiger partial charge is 0.465 e. The molecule has 9 nitrogen and oxygen atoms in total. The molecule has 2 amide bonds. The third-order valence-corrected chi connectivity index (χ3v) is 6.48. The highest BCUT2D eigenvalue weighted by atomic mass is 16.4. The number of carbonyl (C=O) groups is 2. The molecule has 1 aromatic carbocycles. The molecule has 3 heterocycles. The first-order valence-electron chi connectivity index (χ1n) is 10.3. The van der Waals surface area contributed by atoms with Gasteiger partial charge in [0.15, 0.2) is 0 Å². The summed E-state index contributed by atoms with van der Waals surface area (Å²) in [6.07, 6.45) is 1.18. The van der Waals surface area contributed by atoms with Gasteiger partial charge in [0, 0.05) is 43.6 Å². The Kier molecular flexibility index (Phi) is 4.43. The minimum absolute atomic E-state index is 0.0980. The summed E-state index contributed by atoms with van der Waals surface area (Å²) >= 11 is 0. The second-order valence-corrected chi connectivity index (χ2v) is 8.26. The van der Waals surface area contributed by atoms with Crippen molar-refractivity contribution in [1.29, 1.82) is 0 Å². The predicted octanol–water partition coefficient (Wildman–Crippen LogP) is 2.36. The summed E-state index contributed by atoms with van der Waals surface area (Å²) in [6.45, 7) is 0.550.